The molecule has 0 aromatic heterocycles. The SMILES string of the molecule is C=CCc1cc(N=O)c2ccccc2c1O. The van der Waals surface area contributed by atoms with Gasteiger partial charge in [-0.25, -0.2) is 0 Å². The Balaban J connectivity index is 2.82. The van der Waals surface area contributed by atoms with Gasteiger partial charge in [-0.05, 0) is 17.7 Å². The summed E-state index contributed by atoms with van der Waals surface area (Å²) in [6, 6.07) is 8.76. The summed E-state index contributed by atoms with van der Waals surface area (Å²) in [5, 5.41) is 14.3. The molecule has 3 nitrogen and oxygen atoms in total. The van der Waals surface area contributed by atoms with Crippen molar-refractivity contribution >= 4 is 16.5 Å². The Kier molecular flexibility index (Phi) is 2.68. The molecule has 0 spiro atoms. The van der Waals surface area contributed by atoms with Gasteiger partial charge in [0, 0.05) is 16.3 Å². The lowest BCUT2D eigenvalue weighted by atomic mass is 10.0. The normalized spacial score (nSPS) is 10.2. The van der Waals surface area contributed by atoms with Crippen molar-refractivity contribution in [2.45, 2.75) is 6.42 Å². The number of nitroso groups, excluding NO2 is 1. The highest BCUT2D eigenvalue weighted by Crippen LogP contribution is 2.36. The monoisotopic (exact) mass is 213 g/mol. The van der Waals surface area contributed by atoms with Crippen LogP contribution in [0.4, 0.5) is 5.69 Å². The zero-order chi connectivity index (χ0) is 11.5. The summed E-state index contributed by atoms with van der Waals surface area (Å²) >= 11 is 0. The van der Waals surface area contributed by atoms with Gasteiger partial charge in [0.2, 0.25) is 0 Å². The average molecular weight is 213 g/mol. The number of allylic oxidation sites excluding steroid dienone is 1. The van der Waals surface area contributed by atoms with Crippen LogP contribution >= 0.6 is 0 Å². The number of nitrogens with zero attached hydrogens (tertiary/aromatic N) is 1. The van der Waals surface area contributed by atoms with Crippen molar-refractivity contribution < 1.29 is 5.11 Å². The van der Waals surface area contributed by atoms with E-state index in [2.05, 4.69) is 11.8 Å². The van der Waals surface area contributed by atoms with Gasteiger partial charge < -0.3 is 5.11 Å². The molecular weight excluding hydrogens is 202 g/mol. The third-order valence-corrected chi connectivity index (χ3v) is 2.54. The number of aromatic hydroxyl groups is 1. The zero-order valence-electron chi connectivity index (χ0n) is 8.68. The van der Waals surface area contributed by atoms with E-state index < -0.39 is 0 Å². The summed E-state index contributed by atoms with van der Waals surface area (Å²) in [7, 11) is 0. The Bertz CT molecular complexity index is 561. The van der Waals surface area contributed by atoms with E-state index in [0.717, 1.165) is 0 Å². The van der Waals surface area contributed by atoms with Crippen LogP contribution < -0.4 is 0 Å². The van der Waals surface area contributed by atoms with Gasteiger partial charge >= 0.3 is 0 Å². The Labute approximate surface area is 93.0 Å². The molecular formula is C13H11NO2. The Morgan fingerprint density at radius 2 is 2.00 bits per heavy atom. The van der Waals surface area contributed by atoms with Gasteiger partial charge in [0.05, 0.1) is 0 Å². The first-order chi connectivity index (χ1) is 7.77. The second kappa shape index (κ2) is 4.14. The first-order valence-electron chi connectivity index (χ1n) is 4.95. The molecule has 2 rings (SSSR count). The molecule has 0 bridgehead atoms. The molecule has 16 heavy (non-hydrogen) atoms. The van der Waals surface area contributed by atoms with Crippen molar-refractivity contribution in [3.05, 3.63) is 53.5 Å². The summed E-state index contributed by atoms with van der Waals surface area (Å²) < 4.78 is 0. The van der Waals surface area contributed by atoms with Gasteiger partial charge in [-0.3, -0.25) is 0 Å². The summed E-state index contributed by atoms with van der Waals surface area (Å²) in [6.07, 6.45) is 2.19. The number of benzene rings is 2. The minimum Gasteiger partial charge on any atom is -0.507 e. The highest BCUT2D eigenvalue weighted by Gasteiger charge is 2.10. The average Bonchev–Trinajstić information content (AvgIpc) is 2.33. The molecule has 0 radical (unpaired) electrons. The smallest absolute Gasteiger partial charge is 0.127 e. The van der Waals surface area contributed by atoms with E-state index in [0.29, 0.717) is 28.4 Å². The van der Waals surface area contributed by atoms with Crippen LogP contribution in [0.15, 0.2) is 48.2 Å². The summed E-state index contributed by atoms with van der Waals surface area (Å²) in [5.74, 6) is 0.197. The van der Waals surface area contributed by atoms with Gasteiger partial charge in [-0.1, -0.05) is 30.3 Å². The quantitative estimate of drug-likeness (QED) is 0.624. The number of fused-ring (bicyclic) bond motifs is 1. The molecule has 0 heterocycles. The molecule has 0 amide bonds. The summed E-state index contributed by atoms with van der Waals surface area (Å²) in [5.41, 5.74) is 1.02. The third kappa shape index (κ3) is 1.56. The highest BCUT2D eigenvalue weighted by molar-refractivity contribution is 5.97. The number of rotatable bonds is 3. The Morgan fingerprint density at radius 3 is 2.62 bits per heavy atom. The largest absolute Gasteiger partial charge is 0.507 e. The first kappa shape index (κ1) is 10.4. The molecule has 0 saturated carbocycles. The summed E-state index contributed by atoms with van der Waals surface area (Å²) in [4.78, 5) is 10.7. The topological polar surface area (TPSA) is 49.7 Å². The van der Waals surface area contributed by atoms with E-state index in [4.69, 9.17) is 0 Å². The third-order valence-electron chi connectivity index (χ3n) is 2.54. The van der Waals surface area contributed by atoms with Crippen molar-refractivity contribution in [3.63, 3.8) is 0 Å². The van der Waals surface area contributed by atoms with Crippen LogP contribution in [0.3, 0.4) is 0 Å². The van der Waals surface area contributed by atoms with E-state index in [1.165, 1.54) is 0 Å². The van der Waals surface area contributed by atoms with Crippen LogP contribution in [0.5, 0.6) is 5.75 Å². The molecule has 0 fully saturated rings. The second-order valence-electron chi connectivity index (χ2n) is 3.53. The minimum atomic E-state index is 0.197. The molecule has 2 aromatic rings. The lowest BCUT2D eigenvalue weighted by Gasteiger charge is -2.07. The van der Waals surface area contributed by atoms with Gasteiger partial charge in [0.1, 0.15) is 11.4 Å². The molecule has 3 heteroatoms. The van der Waals surface area contributed by atoms with Crippen LogP contribution in [-0.4, -0.2) is 5.11 Å². The maximum absolute atomic E-state index is 10.7. The van der Waals surface area contributed by atoms with Crippen molar-refractivity contribution in [2.24, 2.45) is 5.18 Å². The lowest BCUT2D eigenvalue weighted by molar-refractivity contribution is 0.476. The Morgan fingerprint density at radius 1 is 1.31 bits per heavy atom. The summed E-state index contributed by atoms with van der Waals surface area (Å²) in [6.45, 7) is 3.61. The van der Waals surface area contributed by atoms with Crippen LogP contribution in [-0.2, 0) is 6.42 Å². The maximum atomic E-state index is 10.7. The van der Waals surface area contributed by atoms with Crippen molar-refractivity contribution in [2.75, 3.05) is 0 Å². The maximum Gasteiger partial charge on any atom is 0.127 e. The van der Waals surface area contributed by atoms with E-state index >= 15 is 0 Å². The fourth-order valence-electron chi connectivity index (χ4n) is 1.78. The van der Waals surface area contributed by atoms with Crippen LogP contribution in [0.1, 0.15) is 5.56 Å². The number of phenolic OH excluding ortho intramolecular Hbond substituents is 1. The predicted octanol–water partition coefficient (Wildman–Crippen LogP) is 3.67. The van der Waals surface area contributed by atoms with Crippen LogP contribution in [0.25, 0.3) is 10.8 Å². The molecule has 0 unspecified atom stereocenters. The van der Waals surface area contributed by atoms with Crippen molar-refractivity contribution in [1.82, 2.24) is 0 Å². The fourth-order valence-corrected chi connectivity index (χ4v) is 1.78. The molecule has 0 atom stereocenters. The lowest BCUT2D eigenvalue weighted by Crippen LogP contribution is -1.85. The van der Waals surface area contributed by atoms with Crippen molar-refractivity contribution in [3.8, 4) is 5.75 Å². The van der Waals surface area contributed by atoms with E-state index in [1.54, 1.807) is 24.3 Å². The number of phenols is 1. The van der Waals surface area contributed by atoms with E-state index in [-0.39, 0.29) is 5.75 Å². The van der Waals surface area contributed by atoms with Gasteiger partial charge in [-0.2, -0.15) is 0 Å². The molecule has 0 saturated heterocycles. The molecule has 80 valence electrons. The zero-order valence-corrected chi connectivity index (χ0v) is 8.68. The van der Waals surface area contributed by atoms with Gasteiger partial charge in [0.15, 0.2) is 0 Å². The standard InChI is InChI=1S/C13H11NO2/c1-2-5-9-8-12(14-16)10-6-3-4-7-11(10)13(9)15/h2-4,6-8,15H,1,5H2. The first-order valence-corrected chi connectivity index (χ1v) is 4.95. The molecule has 0 aliphatic carbocycles. The van der Waals surface area contributed by atoms with E-state index in [9.17, 15) is 10.0 Å². The van der Waals surface area contributed by atoms with E-state index in [1.807, 2.05) is 12.1 Å². The molecule has 2 aromatic carbocycles. The second-order valence-corrected chi connectivity index (χ2v) is 3.53. The van der Waals surface area contributed by atoms with Crippen LogP contribution in [0, 0.1) is 4.91 Å². The predicted molar refractivity (Wildman–Crippen MR) is 65.0 cm³/mol. The number of hydrogen-bond donors (Lipinski definition) is 1. The number of hydrogen-bond acceptors (Lipinski definition) is 3. The molecule has 0 aliphatic heterocycles. The molecule has 1 N–H and O–H groups in total. The van der Waals surface area contributed by atoms with Gasteiger partial charge in [0.25, 0.3) is 0 Å². The highest BCUT2D eigenvalue weighted by atomic mass is 16.3. The minimum absolute atomic E-state index is 0.197. The fraction of sp³-hybridized carbons (Fsp3) is 0.0769. The Hall–Kier alpha value is -2.16. The van der Waals surface area contributed by atoms with Crippen molar-refractivity contribution in [1.29, 1.82) is 0 Å². The van der Waals surface area contributed by atoms with Crippen LogP contribution in [0.2, 0.25) is 0 Å². The molecule has 0 aliphatic rings. The van der Waals surface area contributed by atoms with Gasteiger partial charge in [-0.15, -0.1) is 11.5 Å².